The van der Waals surface area contributed by atoms with Crippen LogP contribution in [0, 0.1) is 0 Å². The summed E-state index contributed by atoms with van der Waals surface area (Å²) in [5, 5.41) is 0. The fraction of sp³-hybridized carbons (Fsp3) is 0.625. The van der Waals surface area contributed by atoms with Gasteiger partial charge in [-0.25, -0.2) is 4.98 Å². The van der Waals surface area contributed by atoms with E-state index in [0.717, 1.165) is 18.5 Å². The minimum atomic E-state index is -3.34. The molecule has 0 saturated heterocycles. The van der Waals surface area contributed by atoms with Crippen LogP contribution in [0.25, 0.3) is 0 Å². The van der Waals surface area contributed by atoms with Gasteiger partial charge >= 0.3 is 0 Å². The van der Waals surface area contributed by atoms with Crippen LogP contribution in [0.4, 0.5) is 0 Å². The van der Waals surface area contributed by atoms with Crippen LogP contribution >= 0.6 is 0 Å². The zero-order valence-electron chi connectivity index (χ0n) is 7.88. The van der Waals surface area contributed by atoms with Gasteiger partial charge in [-0.3, -0.25) is 4.18 Å². The molecule has 5 nitrogen and oxygen atoms in total. The van der Waals surface area contributed by atoms with Gasteiger partial charge in [0, 0.05) is 18.8 Å². The highest BCUT2D eigenvalue weighted by Crippen LogP contribution is 2.16. The lowest BCUT2D eigenvalue weighted by atomic mass is 10.1. The Bertz CT molecular complexity index is 424. The van der Waals surface area contributed by atoms with E-state index < -0.39 is 10.1 Å². The summed E-state index contributed by atoms with van der Waals surface area (Å²) in [6.07, 6.45) is 5.88. The molecule has 1 atom stereocenters. The Morgan fingerprint density at radius 1 is 1.64 bits per heavy atom. The first-order valence-corrected chi connectivity index (χ1v) is 6.24. The van der Waals surface area contributed by atoms with E-state index in [1.807, 2.05) is 10.8 Å². The number of aryl methyl sites for hydroxylation is 1. The second-order valence-corrected chi connectivity index (χ2v) is 5.06. The molecule has 2 rings (SSSR count). The maximum Gasteiger partial charge on any atom is 0.264 e. The van der Waals surface area contributed by atoms with E-state index in [1.165, 1.54) is 0 Å². The van der Waals surface area contributed by atoms with Crippen molar-refractivity contribution in [2.24, 2.45) is 0 Å². The third kappa shape index (κ3) is 2.13. The third-order valence-corrected chi connectivity index (χ3v) is 2.82. The predicted octanol–water partition coefficient (Wildman–Crippen LogP) is 0.174. The molecule has 78 valence electrons. The first kappa shape index (κ1) is 9.67. The fourth-order valence-corrected chi connectivity index (χ4v) is 2.31. The van der Waals surface area contributed by atoms with E-state index in [4.69, 9.17) is 4.18 Å². The van der Waals surface area contributed by atoms with Crippen molar-refractivity contribution in [3.63, 3.8) is 0 Å². The summed E-state index contributed by atoms with van der Waals surface area (Å²) in [7, 11) is -3.34. The minimum Gasteiger partial charge on any atom is -0.332 e. The van der Waals surface area contributed by atoms with E-state index >= 15 is 0 Å². The Morgan fingerprint density at radius 2 is 2.43 bits per heavy atom. The van der Waals surface area contributed by atoms with E-state index in [1.54, 1.807) is 6.20 Å². The normalized spacial score (nSPS) is 21.9. The number of imidazole rings is 1. The molecule has 1 unspecified atom stereocenters. The molecule has 0 saturated carbocycles. The van der Waals surface area contributed by atoms with Crippen LogP contribution in [-0.2, 0) is 27.3 Å². The molecule has 0 amide bonds. The van der Waals surface area contributed by atoms with E-state index in [0.29, 0.717) is 13.0 Å². The largest absolute Gasteiger partial charge is 0.332 e. The smallest absolute Gasteiger partial charge is 0.264 e. The van der Waals surface area contributed by atoms with Gasteiger partial charge in [0.25, 0.3) is 10.1 Å². The number of hydrogen-bond acceptors (Lipinski definition) is 4. The molecule has 1 aliphatic heterocycles. The van der Waals surface area contributed by atoms with Gasteiger partial charge in [-0.15, -0.1) is 0 Å². The van der Waals surface area contributed by atoms with Crippen molar-refractivity contribution < 1.29 is 12.6 Å². The molecule has 0 fully saturated rings. The average molecular weight is 216 g/mol. The van der Waals surface area contributed by atoms with Crippen molar-refractivity contribution in [1.29, 1.82) is 0 Å². The number of nitrogens with zero attached hydrogens (tertiary/aromatic N) is 2. The molecule has 0 aliphatic carbocycles. The van der Waals surface area contributed by atoms with Gasteiger partial charge in [0.05, 0.1) is 18.9 Å². The summed E-state index contributed by atoms with van der Waals surface area (Å²) in [6, 6.07) is 0. The highest BCUT2D eigenvalue weighted by Gasteiger charge is 2.22. The Labute approximate surface area is 82.8 Å². The SMILES string of the molecule is CS(=O)(=O)OC1CCc2nccn2C1. The topological polar surface area (TPSA) is 61.2 Å². The lowest BCUT2D eigenvalue weighted by Gasteiger charge is -2.22. The second kappa shape index (κ2) is 3.36. The molecular weight excluding hydrogens is 204 g/mol. The third-order valence-electron chi connectivity index (χ3n) is 2.20. The molecule has 0 radical (unpaired) electrons. The lowest BCUT2D eigenvalue weighted by Crippen LogP contribution is -2.28. The molecule has 0 N–H and O–H groups in total. The Balaban J connectivity index is 2.08. The number of rotatable bonds is 2. The highest BCUT2D eigenvalue weighted by molar-refractivity contribution is 7.86. The Morgan fingerprint density at radius 3 is 3.14 bits per heavy atom. The summed E-state index contributed by atoms with van der Waals surface area (Å²) in [5.74, 6) is 0.998. The molecular formula is C8H12N2O3S. The summed E-state index contributed by atoms with van der Waals surface area (Å²) in [5.41, 5.74) is 0. The quantitative estimate of drug-likeness (QED) is 0.661. The summed E-state index contributed by atoms with van der Waals surface area (Å²) in [4.78, 5) is 4.15. The number of hydrogen-bond donors (Lipinski definition) is 0. The van der Waals surface area contributed by atoms with Crippen LogP contribution in [0.5, 0.6) is 0 Å². The van der Waals surface area contributed by atoms with Gasteiger partial charge in [0.2, 0.25) is 0 Å². The van der Waals surface area contributed by atoms with E-state index in [2.05, 4.69) is 4.98 Å². The van der Waals surface area contributed by atoms with Gasteiger partial charge < -0.3 is 4.57 Å². The van der Waals surface area contributed by atoms with Gasteiger partial charge in [-0.2, -0.15) is 8.42 Å². The van der Waals surface area contributed by atoms with Crippen LogP contribution in [-0.4, -0.2) is 30.3 Å². The molecule has 1 aromatic heterocycles. The van der Waals surface area contributed by atoms with Crippen molar-refractivity contribution in [2.75, 3.05) is 6.26 Å². The van der Waals surface area contributed by atoms with Gasteiger partial charge in [0.1, 0.15) is 5.82 Å². The van der Waals surface area contributed by atoms with Gasteiger partial charge in [0.15, 0.2) is 0 Å². The van der Waals surface area contributed by atoms with Crippen molar-refractivity contribution in [3.8, 4) is 0 Å². The second-order valence-electron chi connectivity index (χ2n) is 3.46. The minimum absolute atomic E-state index is 0.244. The van der Waals surface area contributed by atoms with Crippen LogP contribution in [0.2, 0.25) is 0 Å². The lowest BCUT2D eigenvalue weighted by molar-refractivity contribution is 0.164. The maximum atomic E-state index is 10.9. The Kier molecular flexibility index (Phi) is 2.32. The van der Waals surface area contributed by atoms with E-state index in [-0.39, 0.29) is 6.10 Å². The summed E-state index contributed by atoms with van der Waals surface area (Å²) >= 11 is 0. The molecule has 14 heavy (non-hydrogen) atoms. The first-order valence-electron chi connectivity index (χ1n) is 4.43. The monoisotopic (exact) mass is 216 g/mol. The highest BCUT2D eigenvalue weighted by atomic mass is 32.2. The molecule has 0 spiro atoms. The van der Waals surface area contributed by atoms with Gasteiger partial charge in [-0.1, -0.05) is 0 Å². The molecule has 1 aliphatic rings. The average Bonchev–Trinajstić information content (AvgIpc) is 2.47. The van der Waals surface area contributed by atoms with E-state index in [9.17, 15) is 8.42 Å². The predicted molar refractivity (Wildman–Crippen MR) is 50.3 cm³/mol. The molecule has 2 heterocycles. The zero-order chi connectivity index (χ0) is 10.2. The molecule has 1 aromatic rings. The van der Waals surface area contributed by atoms with Crippen molar-refractivity contribution in [2.45, 2.75) is 25.5 Å². The standard InChI is InChI=1S/C8H12N2O3S/c1-14(11,12)13-7-2-3-8-9-4-5-10(8)6-7/h4-5,7H,2-3,6H2,1H3. The number of fused-ring (bicyclic) bond motifs is 1. The molecule has 6 heteroatoms. The maximum absolute atomic E-state index is 10.9. The van der Waals surface area contributed by atoms with Crippen LogP contribution in [0.1, 0.15) is 12.2 Å². The first-order chi connectivity index (χ1) is 6.54. The van der Waals surface area contributed by atoms with Crippen LogP contribution in [0.15, 0.2) is 12.4 Å². The summed E-state index contributed by atoms with van der Waals surface area (Å²) < 4.78 is 28.7. The van der Waals surface area contributed by atoms with Crippen molar-refractivity contribution in [3.05, 3.63) is 18.2 Å². The summed E-state index contributed by atoms with van der Waals surface area (Å²) in [6.45, 7) is 0.572. The molecule has 0 bridgehead atoms. The fourth-order valence-electron chi connectivity index (χ4n) is 1.66. The molecule has 0 aromatic carbocycles. The van der Waals surface area contributed by atoms with Crippen molar-refractivity contribution in [1.82, 2.24) is 9.55 Å². The van der Waals surface area contributed by atoms with Crippen LogP contribution in [0.3, 0.4) is 0 Å². The van der Waals surface area contributed by atoms with Gasteiger partial charge in [-0.05, 0) is 6.42 Å². The van der Waals surface area contributed by atoms with Crippen molar-refractivity contribution >= 4 is 10.1 Å². The number of aromatic nitrogens is 2. The zero-order valence-corrected chi connectivity index (χ0v) is 8.70. The Hall–Kier alpha value is -0.880. The van der Waals surface area contributed by atoms with Crippen LogP contribution < -0.4 is 0 Å².